The summed E-state index contributed by atoms with van der Waals surface area (Å²) in [5.41, 5.74) is 24.1. The molecule has 7 heterocycles. The van der Waals surface area contributed by atoms with Gasteiger partial charge in [0.1, 0.15) is 5.82 Å². The summed E-state index contributed by atoms with van der Waals surface area (Å²) >= 11 is 0. The van der Waals surface area contributed by atoms with Crippen molar-refractivity contribution in [2.75, 3.05) is 0 Å². The predicted octanol–water partition coefficient (Wildman–Crippen LogP) is 24.8. The van der Waals surface area contributed by atoms with Crippen LogP contribution in [0.2, 0.25) is 0 Å². The van der Waals surface area contributed by atoms with Gasteiger partial charge in [0.2, 0.25) is 0 Å². The van der Waals surface area contributed by atoms with Crippen LogP contribution in [-0.4, -0.2) is 53.2 Å². The van der Waals surface area contributed by atoms with E-state index in [0.717, 1.165) is 161 Å². The van der Waals surface area contributed by atoms with E-state index in [0.29, 0.717) is 34.9 Å². The van der Waals surface area contributed by atoms with E-state index in [1.807, 2.05) is 103 Å². The highest BCUT2D eigenvalue weighted by molar-refractivity contribution is 6.16. The molecule has 22 rings (SSSR count). The Bertz CT molecular complexity index is 7340. The highest BCUT2D eigenvalue weighted by Crippen LogP contribution is 2.44. The second kappa shape index (κ2) is 26.3. The van der Waals surface area contributed by atoms with E-state index in [1.165, 1.54) is 16.3 Å². The lowest BCUT2D eigenvalue weighted by Crippen LogP contribution is -2.01. The van der Waals surface area contributed by atoms with Crippen LogP contribution in [0, 0.1) is 0 Å². The smallest absolute Gasteiger partial charge is 0.165 e. The molecule has 0 unspecified atom stereocenters. The Hall–Kier alpha value is -15.3. The lowest BCUT2D eigenvalue weighted by atomic mass is 9.98. The summed E-state index contributed by atoms with van der Waals surface area (Å²) in [5.74, 6) is 4.37. The molecule has 22 aromatic rings. The monoisotopic (exact) mass is 1430 g/mol. The first-order valence-corrected chi connectivity index (χ1v) is 37.7. The first-order valence-electron chi connectivity index (χ1n) is 37.7. The molecule has 15 aromatic carbocycles. The molecule has 0 spiro atoms. The molecule has 0 aliphatic rings. The lowest BCUT2D eigenvalue weighted by molar-refractivity contribution is 1.05. The molecule has 0 N–H and O–H groups in total. The molecule has 0 radical (unpaired) electrons. The Balaban J connectivity index is 0.669. The van der Waals surface area contributed by atoms with E-state index < -0.39 is 0 Å². The van der Waals surface area contributed by atoms with Crippen molar-refractivity contribution in [1.29, 1.82) is 0 Å². The van der Waals surface area contributed by atoms with Crippen LogP contribution < -0.4 is 0 Å². The second-order valence-corrected chi connectivity index (χ2v) is 28.5. The van der Waals surface area contributed by atoms with E-state index in [-0.39, 0.29) is 0 Å². The van der Waals surface area contributed by atoms with Gasteiger partial charge >= 0.3 is 0 Å². The molecule has 0 saturated heterocycles. The fourth-order valence-electron chi connectivity index (χ4n) is 16.6. The standard InChI is InChI=1S/C101H63N11/c1-7-24-64(25-8-1)96-103-97(65-26-9-2-10-27-65)106-100(105-96)74-32-23-37-78(56-74)111-90-51-43-68(58-84(90)81-49-42-73(62-94(81)111)72-46-50-89-82(59-72)79-38-19-21-40-87(79)109(89)76-33-15-5-16-34-76)70-44-52-91-85(60-70)86-61-71(45-53-92(86)110(91)77-35-17-6-18-36-77)69-47-54-93-83(57-69)80-39-20-22-41-88(80)112(93)95-55-48-75(63-102-95)101-107-98(66-28-11-3-12-29-66)104-99(108-101)67-30-13-4-14-31-67/h1-63H. The summed E-state index contributed by atoms with van der Waals surface area (Å²) in [5, 5.41) is 9.27. The summed E-state index contributed by atoms with van der Waals surface area (Å²) in [6.07, 6.45) is 1.88. The van der Waals surface area contributed by atoms with E-state index >= 15 is 0 Å². The number of benzene rings is 15. The number of hydrogen-bond donors (Lipinski definition) is 0. The summed E-state index contributed by atoms with van der Waals surface area (Å²) in [7, 11) is 0. The minimum Gasteiger partial charge on any atom is -0.309 e. The maximum Gasteiger partial charge on any atom is 0.165 e. The zero-order valence-corrected chi connectivity index (χ0v) is 60.3. The van der Waals surface area contributed by atoms with Crippen LogP contribution >= 0.6 is 0 Å². The lowest BCUT2D eigenvalue weighted by Gasteiger charge is -2.12. The topological polar surface area (TPSA) is 110 Å². The van der Waals surface area contributed by atoms with E-state index in [2.05, 4.69) is 297 Å². The molecule has 522 valence electrons. The first-order chi connectivity index (χ1) is 55.5. The largest absolute Gasteiger partial charge is 0.309 e. The maximum atomic E-state index is 5.21. The average molecular weight is 1430 g/mol. The third-order valence-corrected chi connectivity index (χ3v) is 21.9. The number of pyridine rings is 1. The first kappa shape index (κ1) is 63.9. The third kappa shape index (κ3) is 10.9. The molecule has 0 aliphatic heterocycles. The van der Waals surface area contributed by atoms with Crippen molar-refractivity contribution in [2.24, 2.45) is 0 Å². The van der Waals surface area contributed by atoms with Crippen LogP contribution in [0.15, 0.2) is 382 Å². The van der Waals surface area contributed by atoms with Gasteiger partial charge in [0.25, 0.3) is 0 Å². The van der Waals surface area contributed by atoms with Crippen molar-refractivity contribution >= 4 is 87.2 Å². The molecule has 7 aromatic heterocycles. The average Bonchev–Trinajstić information content (AvgIpc) is 1.52. The van der Waals surface area contributed by atoms with Crippen LogP contribution in [0.1, 0.15) is 0 Å². The van der Waals surface area contributed by atoms with Gasteiger partial charge < -0.3 is 13.7 Å². The molecule has 0 amide bonds. The summed E-state index contributed by atoms with van der Waals surface area (Å²) in [6.45, 7) is 0. The summed E-state index contributed by atoms with van der Waals surface area (Å²) in [6, 6.07) is 134. The number of nitrogens with zero attached hydrogens (tertiary/aromatic N) is 11. The molecule has 112 heavy (non-hydrogen) atoms. The van der Waals surface area contributed by atoms with E-state index in [1.54, 1.807) is 0 Å². The molecule has 11 nitrogen and oxygen atoms in total. The van der Waals surface area contributed by atoms with Gasteiger partial charge in [-0.2, -0.15) is 0 Å². The van der Waals surface area contributed by atoms with Gasteiger partial charge in [-0.15, -0.1) is 0 Å². The van der Waals surface area contributed by atoms with Gasteiger partial charge in [-0.25, -0.2) is 34.9 Å². The summed E-state index contributed by atoms with van der Waals surface area (Å²) < 4.78 is 9.46. The van der Waals surface area contributed by atoms with E-state index in [9.17, 15) is 0 Å². The highest BCUT2D eigenvalue weighted by Gasteiger charge is 2.23. The van der Waals surface area contributed by atoms with Gasteiger partial charge in [0, 0.05) is 99.7 Å². The second-order valence-electron chi connectivity index (χ2n) is 28.5. The highest BCUT2D eigenvalue weighted by atomic mass is 15.1. The Morgan fingerprint density at radius 3 is 0.830 bits per heavy atom. The molecule has 0 fully saturated rings. The molecule has 0 aliphatic carbocycles. The normalized spacial score (nSPS) is 11.8. The van der Waals surface area contributed by atoms with Crippen molar-refractivity contribution < 1.29 is 0 Å². The minimum atomic E-state index is 0.555. The number of fused-ring (bicyclic) bond motifs is 12. The Kier molecular flexibility index (Phi) is 15.0. The molecule has 0 atom stereocenters. The molecule has 11 heteroatoms. The summed E-state index contributed by atoms with van der Waals surface area (Å²) in [4.78, 5) is 35.6. The number of aromatic nitrogens is 11. The fraction of sp³-hybridized carbons (Fsp3) is 0. The molecule has 0 bridgehead atoms. The zero-order chi connectivity index (χ0) is 73.7. The Labute approximate surface area is 643 Å². The molecule has 0 saturated carbocycles. The van der Waals surface area contributed by atoms with Gasteiger partial charge in [-0.1, -0.05) is 249 Å². The van der Waals surface area contributed by atoms with Crippen molar-refractivity contribution in [3.05, 3.63) is 382 Å². The molecular formula is C101H63N11. The SMILES string of the molecule is c1ccc(-c2nc(-c3ccccc3)nc(-c3ccc(-n4c5ccccc5c5cc(-c6ccc7c(c6)c6cc(-c8ccc9c(c8)c8ccc(-c%10ccc%11c(c%10)c%10ccccc%10n%11-c%10ccccc%10)cc8n9-c8cccc(-c9nc(-c%10ccccc%10)nc(-c%10ccccc%10)n9)c8)ccc6n7-c6ccccc6)ccc54)nc3)n2)cc1. The van der Waals surface area contributed by atoms with Crippen LogP contribution in [-0.2, 0) is 0 Å². The van der Waals surface area contributed by atoms with Gasteiger partial charge in [-0.3, -0.25) is 4.57 Å². The number of rotatable bonds is 13. The van der Waals surface area contributed by atoms with Gasteiger partial charge in [0.15, 0.2) is 34.9 Å². The zero-order valence-electron chi connectivity index (χ0n) is 60.3. The Morgan fingerprint density at radius 1 is 0.152 bits per heavy atom. The Morgan fingerprint density at radius 2 is 0.429 bits per heavy atom. The van der Waals surface area contributed by atoms with Crippen molar-refractivity contribution in [3.63, 3.8) is 0 Å². The van der Waals surface area contributed by atoms with Crippen LogP contribution in [0.5, 0.6) is 0 Å². The van der Waals surface area contributed by atoms with E-state index in [4.69, 9.17) is 34.9 Å². The maximum absolute atomic E-state index is 5.21. The fourth-order valence-corrected chi connectivity index (χ4v) is 16.6. The van der Waals surface area contributed by atoms with Crippen LogP contribution in [0.25, 0.3) is 212 Å². The predicted molar refractivity (Wildman–Crippen MR) is 457 cm³/mol. The quantitative estimate of drug-likeness (QED) is 0.113. The van der Waals surface area contributed by atoms with Crippen molar-refractivity contribution in [3.8, 4) is 125 Å². The molecular weight excluding hydrogens is 1370 g/mol. The number of para-hydroxylation sites is 4. The third-order valence-electron chi connectivity index (χ3n) is 21.9. The van der Waals surface area contributed by atoms with Crippen molar-refractivity contribution in [2.45, 2.75) is 0 Å². The number of hydrogen-bond acceptors (Lipinski definition) is 7. The van der Waals surface area contributed by atoms with Gasteiger partial charge in [-0.05, 0) is 161 Å². The van der Waals surface area contributed by atoms with Crippen molar-refractivity contribution in [1.82, 2.24) is 53.2 Å². The minimum absolute atomic E-state index is 0.555. The van der Waals surface area contributed by atoms with Crippen LogP contribution in [0.4, 0.5) is 0 Å². The van der Waals surface area contributed by atoms with Gasteiger partial charge in [0.05, 0.1) is 44.1 Å². The van der Waals surface area contributed by atoms with Crippen LogP contribution in [0.3, 0.4) is 0 Å².